The fourth-order valence-electron chi connectivity index (χ4n) is 1.34. The Morgan fingerprint density at radius 2 is 1.47 bits per heavy atom. The van der Waals surface area contributed by atoms with Crippen LogP contribution >= 0.6 is 46.4 Å². The van der Waals surface area contributed by atoms with Gasteiger partial charge in [0.25, 0.3) is 0 Å². The van der Waals surface area contributed by atoms with Gasteiger partial charge in [-0.15, -0.1) is 0 Å². The van der Waals surface area contributed by atoms with Crippen LogP contribution in [0.3, 0.4) is 0 Å². The van der Waals surface area contributed by atoms with Gasteiger partial charge in [0.05, 0.1) is 15.1 Å². The topological polar surface area (TPSA) is 20.2 Å². The molecule has 0 heterocycles. The molecule has 2 rings (SSSR count). The lowest BCUT2D eigenvalue weighted by Crippen LogP contribution is -1.80. The monoisotopic (exact) mass is 280 g/mol. The van der Waals surface area contributed by atoms with Crippen LogP contribution in [0.5, 0.6) is 5.75 Å². The van der Waals surface area contributed by atoms with Crippen LogP contribution in [-0.4, -0.2) is 5.11 Å². The van der Waals surface area contributed by atoms with Crippen LogP contribution in [0.1, 0.15) is 0 Å². The minimum atomic E-state index is -0.0854. The van der Waals surface area contributed by atoms with E-state index in [0.717, 1.165) is 0 Å². The molecule has 0 atom stereocenters. The molecule has 0 bridgehead atoms. The molecular formula is C10H4Cl4O. The summed E-state index contributed by atoms with van der Waals surface area (Å²) in [7, 11) is 0. The summed E-state index contributed by atoms with van der Waals surface area (Å²) >= 11 is 23.4. The second-order valence-electron chi connectivity index (χ2n) is 2.98. The minimum absolute atomic E-state index is 0.0854. The number of benzene rings is 2. The van der Waals surface area contributed by atoms with Gasteiger partial charge < -0.3 is 5.11 Å². The Morgan fingerprint density at radius 3 is 2.13 bits per heavy atom. The van der Waals surface area contributed by atoms with Gasteiger partial charge in [0.15, 0.2) is 0 Å². The summed E-state index contributed by atoms with van der Waals surface area (Å²) in [4.78, 5) is 0. The normalized spacial score (nSPS) is 10.9. The van der Waals surface area contributed by atoms with E-state index >= 15 is 0 Å². The maximum atomic E-state index is 9.74. The quantitative estimate of drug-likeness (QED) is 0.707. The predicted octanol–water partition coefficient (Wildman–Crippen LogP) is 5.16. The van der Waals surface area contributed by atoms with Gasteiger partial charge in [-0.3, -0.25) is 0 Å². The van der Waals surface area contributed by atoms with Gasteiger partial charge in [-0.2, -0.15) is 0 Å². The summed E-state index contributed by atoms with van der Waals surface area (Å²) in [6.07, 6.45) is 0. The highest BCUT2D eigenvalue weighted by Gasteiger charge is 2.13. The van der Waals surface area contributed by atoms with E-state index in [1.165, 1.54) is 0 Å². The summed E-state index contributed by atoms with van der Waals surface area (Å²) in [6.45, 7) is 0. The Labute approximate surface area is 106 Å². The average Bonchev–Trinajstić information content (AvgIpc) is 2.21. The molecule has 1 N–H and O–H groups in total. The number of hydrogen-bond donors (Lipinski definition) is 1. The van der Waals surface area contributed by atoms with Gasteiger partial charge in [0.2, 0.25) is 0 Å². The van der Waals surface area contributed by atoms with E-state index in [-0.39, 0.29) is 15.8 Å². The van der Waals surface area contributed by atoms with Gasteiger partial charge >= 0.3 is 0 Å². The van der Waals surface area contributed by atoms with Crippen LogP contribution in [0.15, 0.2) is 18.2 Å². The second-order valence-corrected chi connectivity index (χ2v) is 4.55. The Bertz CT molecular complexity index is 551. The number of aromatic hydroxyl groups is 1. The molecule has 0 amide bonds. The Kier molecular flexibility index (Phi) is 2.91. The Hall–Kier alpha value is -0.340. The summed E-state index contributed by atoms with van der Waals surface area (Å²) in [5, 5.41) is 12.0. The van der Waals surface area contributed by atoms with Crippen LogP contribution in [0, 0.1) is 0 Å². The highest BCUT2D eigenvalue weighted by Crippen LogP contribution is 2.42. The molecule has 5 heteroatoms. The van der Waals surface area contributed by atoms with Crippen molar-refractivity contribution in [2.45, 2.75) is 0 Å². The standard InChI is InChI=1S/C10H4Cl4O/c11-6-2-1-4-5(8(6)13)3-7(12)9(14)10(4)15/h1-3,15H. The number of phenolic OH excluding ortho intramolecular Hbond substituents is 1. The van der Waals surface area contributed by atoms with E-state index in [9.17, 15) is 5.11 Å². The molecular weight excluding hydrogens is 278 g/mol. The highest BCUT2D eigenvalue weighted by molar-refractivity contribution is 6.47. The average molecular weight is 282 g/mol. The fraction of sp³-hybridized carbons (Fsp3) is 0. The van der Waals surface area contributed by atoms with Gasteiger partial charge in [0.1, 0.15) is 10.8 Å². The van der Waals surface area contributed by atoms with Crippen molar-refractivity contribution in [2.24, 2.45) is 0 Å². The zero-order chi connectivity index (χ0) is 11.2. The molecule has 0 saturated heterocycles. The molecule has 0 spiro atoms. The molecule has 0 unspecified atom stereocenters. The van der Waals surface area contributed by atoms with Crippen molar-refractivity contribution in [3.05, 3.63) is 38.3 Å². The van der Waals surface area contributed by atoms with Crippen LogP contribution < -0.4 is 0 Å². The van der Waals surface area contributed by atoms with Gasteiger partial charge in [-0.25, -0.2) is 0 Å². The smallest absolute Gasteiger partial charge is 0.143 e. The van der Waals surface area contributed by atoms with E-state index in [1.807, 2.05) is 0 Å². The molecule has 0 saturated carbocycles. The first-order valence-electron chi connectivity index (χ1n) is 3.97. The molecule has 78 valence electrons. The SMILES string of the molecule is Oc1c(Cl)c(Cl)cc2c(Cl)c(Cl)ccc12. The Balaban J connectivity index is 2.98. The molecule has 2 aromatic rings. The van der Waals surface area contributed by atoms with Crippen molar-refractivity contribution >= 4 is 57.2 Å². The maximum absolute atomic E-state index is 9.74. The van der Waals surface area contributed by atoms with E-state index in [1.54, 1.807) is 18.2 Å². The third-order valence-corrected chi connectivity index (χ3v) is 3.67. The molecule has 2 aromatic carbocycles. The van der Waals surface area contributed by atoms with Crippen molar-refractivity contribution in [3.8, 4) is 5.75 Å². The van der Waals surface area contributed by atoms with Crippen molar-refractivity contribution < 1.29 is 5.11 Å². The lowest BCUT2D eigenvalue weighted by Gasteiger charge is -2.07. The van der Waals surface area contributed by atoms with Crippen molar-refractivity contribution in [2.75, 3.05) is 0 Å². The zero-order valence-electron chi connectivity index (χ0n) is 7.19. The first-order valence-corrected chi connectivity index (χ1v) is 5.48. The van der Waals surface area contributed by atoms with E-state index in [0.29, 0.717) is 20.8 Å². The van der Waals surface area contributed by atoms with E-state index < -0.39 is 0 Å². The van der Waals surface area contributed by atoms with Gasteiger partial charge in [-0.05, 0) is 18.2 Å². The summed E-state index contributed by atoms with van der Waals surface area (Å²) in [6, 6.07) is 4.81. The maximum Gasteiger partial charge on any atom is 0.143 e. The van der Waals surface area contributed by atoms with Crippen molar-refractivity contribution in [1.29, 1.82) is 0 Å². The molecule has 0 fully saturated rings. The number of halogens is 4. The third kappa shape index (κ3) is 1.74. The molecule has 1 nitrogen and oxygen atoms in total. The largest absolute Gasteiger partial charge is 0.506 e. The van der Waals surface area contributed by atoms with Gasteiger partial charge in [-0.1, -0.05) is 46.4 Å². The fourth-order valence-corrected chi connectivity index (χ4v) is 2.07. The molecule has 0 aromatic heterocycles. The number of hydrogen-bond acceptors (Lipinski definition) is 1. The number of rotatable bonds is 0. The highest BCUT2D eigenvalue weighted by atomic mass is 35.5. The van der Waals surface area contributed by atoms with E-state index in [4.69, 9.17) is 46.4 Å². The minimum Gasteiger partial charge on any atom is -0.506 e. The lowest BCUT2D eigenvalue weighted by molar-refractivity contribution is 0.482. The summed E-state index contributed by atoms with van der Waals surface area (Å²) in [5.41, 5.74) is 0. The Morgan fingerprint density at radius 1 is 0.800 bits per heavy atom. The molecule has 0 aliphatic heterocycles. The molecule has 0 aliphatic rings. The number of phenols is 1. The third-order valence-electron chi connectivity index (χ3n) is 2.08. The van der Waals surface area contributed by atoms with Crippen LogP contribution in [0.4, 0.5) is 0 Å². The summed E-state index contributed by atoms with van der Waals surface area (Å²) < 4.78 is 0. The lowest BCUT2D eigenvalue weighted by atomic mass is 10.1. The molecule has 0 aliphatic carbocycles. The molecule has 0 radical (unpaired) electrons. The molecule has 15 heavy (non-hydrogen) atoms. The van der Waals surface area contributed by atoms with Crippen LogP contribution in [0.25, 0.3) is 10.8 Å². The van der Waals surface area contributed by atoms with Gasteiger partial charge in [0, 0.05) is 10.8 Å². The first kappa shape index (κ1) is 11.2. The van der Waals surface area contributed by atoms with Crippen LogP contribution in [-0.2, 0) is 0 Å². The summed E-state index contributed by atoms with van der Waals surface area (Å²) in [5.74, 6) is -0.0854. The predicted molar refractivity (Wildman–Crippen MR) is 65.7 cm³/mol. The number of fused-ring (bicyclic) bond motifs is 1. The first-order chi connectivity index (χ1) is 7.02. The van der Waals surface area contributed by atoms with E-state index in [2.05, 4.69) is 0 Å². The van der Waals surface area contributed by atoms with Crippen molar-refractivity contribution in [1.82, 2.24) is 0 Å². The van der Waals surface area contributed by atoms with Crippen molar-refractivity contribution in [3.63, 3.8) is 0 Å². The second kappa shape index (κ2) is 3.91. The zero-order valence-corrected chi connectivity index (χ0v) is 10.2. The van der Waals surface area contributed by atoms with Crippen LogP contribution in [0.2, 0.25) is 20.1 Å².